The molecule has 92 valence electrons. The summed E-state index contributed by atoms with van der Waals surface area (Å²) >= 11 is 0. The van der Waals surface area contributed by atoms with E-state index in [1.54, 1.807) is 0 Å². The number of aromatic nitrogens is 1. The highest BCUT2D eigenvalue weighted by Gasteiger charge is 2.17. The molecule has 1 aromatic heterocycles. The minimum absolute atomic E-state index is 0. The molecule has 1 aliphatic rings. The molecule has 5 heteroatoms. The van der Waals surface area contributed by atoms with Crippen LogP contribution in [0.2, 0.25) is 0 Å². The van der Waals surface area contributed by atoms with Crippen LogP contribution in [0.5, 0.6) is 0 Å². The van der Waals surface area contributed by atoms with Crippen molar-refractivity contribution in [3.05, 3.63) is 30.1 Å². The van der Waals surface area contributed by atoms with Crippen LogP contribution in [-0.2, 0) is 0 Å². The van der Waals surface area contributed by atoms with E-state index in [0.29, 0.717) is 6.04 Å². The molecule has 0 aliphatic carbocycles. The van der Waals surface area contributed by atoms with Crippen molar-refractivity contribution in [3.63, 3.8) is 0 Å². The van der Waals surface area contributed by atoms with E-state index in [0.717, 1.165) is 26.2 Å². The zero-order chi connectivity index (χ0) is 9.80. The lowest BCUT2D eigenvalue weighted by atomic mass is 10.1. The summed E-state index contributed by atoms with van der Waals surface area (Å²) in [5.41, 5.74) is 1.18. The van der Waals surface area contributed by atoms with Gasteiger partial charge in [-0.25, -0.2) is 0 Å². The Balaban J connectivity index is 0.00000112. The molecule has 1 fully saturated rings. The van der Waals surface area contributed by atoms with Crippen LogP contribution >= 0.6 is 24.8 Å². The fourth-order valence-corrected chi connectivity index (χ4v) is 1.88. The molecule has 16 heavy (non-hydrogen) atoms. The lowest BCUT2D eigenvalue weighted by molar-refractivity contribution is 0.182. The van der Waals surface area contributed by atoms with Gasteiger partial charge < -0.3 is 5.32 Å². The van der Waals surface area contributed by atoms with Gasteiger partial charge in [0.05, 0.1) is 5.69 Å². The minimum Gasteiger partial charge on any atom is -0.314 e. The SMILES string of the molecule is C[C@H](c1ccccn1)N1CCNCC1.Cl.Cl. The van der Waals surface area contributed by atoms with Crippen LogP contribution in [0.15, 0.2) is 24.4 Å². The maximum atomic E-state index is 4.39. The highest BCUT2D eigenvalue weighted by atomic mass is 35.5. The number of piperazine rings is 1. The maximum absolute atomic E-state index is 4.39. The fraction of sp³-hybridized carbons (Fsp3) is 0.545. The molecule has 0 spiro atoms. The number of hydrogen-bond donors (Lipinski definition) is 1. The van der Waals surface area contributed by atoms with Crippen LogP contribution in [0.1, 0.15) is 18.7 Å². The van der Waals surface area contributed by atoms with Crippen LogP contribution in [0.4, 0.5) is 0 Å². The van der Waals surface area contributed by atoms with Crippen molar-refractivity contribution in [1.82, 2.24) is 15.2 Å². The van der Waals surface area contributed by atoms with Crippen LogP contribution in [0, 0.1) is 0 Å². The van der Waals surface area contributed by atoms with Crippen LogP contribution < -0.4 is 5.32 Å². The molecule has 1 N–H and O–H groups in total. The standard InChI is InChI=1S/C11H17N3.2ClH/c1-10(11-4-2-3-5-13-11)14-8-6-12-7-9-14;;/h2-5,10,12H,6-9H2,1H3;2*1H/t10-;;/m1../s1. The summed E-state index contributed by atoms with van der Waals surface area (Å²) < 4.78 is 0. The van der Waals surface area contributed by atoms with Crippen molar-refractivity contribution in [2.45, 2.75) is 13.0 Å². The van der Waals surface area contributed by atoms with Gasteiger partial charge in [0, 0.05) is 38.4 Å². The molecular weight excluding hydrogens is 245 g/mol. The zero-order valence-corrected chi connectivity index (χ0v) is 11.1. The zero-order valence-electron chi connectivity index (χ0n) is 9.43. The highest BCUT2D eigenvalue weighted by Crippen LogP contribution is 2.17. The number of nitrogens with zero attached hydrogens (tertiary/aromatic N) is 2. The maximum Gasteiger partial charge on any atom is 0.0572 e. The Kier molecular flexibility index (Phi) is 7.68. The lowest BCUT2D eigenvalue weighted by Gasteiger charge is -2.32. The van der Waals surface area contributed by atoms with Gasteiger partial charge in [0.2, 0.25) is 0 Å². The molecule has 0 aromatic carbocycles. The number of rotatable bonds is 2. The Morgan fingerprint density at radius 3 is 2.50 bits per heavy atom. The molecule has 2 rings (SSSR count). The van der Waals surface area contributed by atoms with E-state index in [9.17, 15) is 0 Å². The van der Waals surface area contributed by atoms with Gasteiger partial charge >= 0.3 is 0 Å². The summed E-state index contributed by atoms with van der Waals surface area (Å²) in [7, 11) is 0. The Hall–Kier alpha value is -0.350. The lowest BCUT2D eigenvalue weighted by Crippen LogP contribution is -2.44. The summed E-state index contributed by atoms with van der Waals surface area (Å²) in [6.45, 7) is 6.66. The smallest absolute Gasteiger partial charge is 0.0572 e. The average Bonchev–Trinajstić information content (AvgIpc) is 2.30. The largest absolute Gasteiger partial charge is 0.314 e. The van der Waals surface area contributed by atoms with Gasteiger partial charge in [0.25, 0.3) is 0 Å². The van der Waals surface area contributed by atoms with Gasteiger partial charge in [-0.1, -0.05) is 6.07 Å². The average molecular weight is 264 g/mol. The van der Waals surface area contributed by atoms with Gasteiger partial charge in [-0.05, 0) is 19.1 Å². The van der Waals surface area contributed by atoms with Crippen LogP contribution in [0.3, 0.4) is 0 Å². The first-order chi connectivity index (χ1) is 6.88. The summed E-state index contributed by atoms with van der Waals surface area (Å²) in [5.74, 6) is 0. The molecule has 0 radical (unpaired) electrons. The van der Waals surface area contributed by atoms with E-state index in [2.05, 4.69) is 34.3 Å². The van der Waals surface area contributed by atoms with E-state index in [1.165, 1.54) is 5.69 Å². The fourth-order valence-electron chi connectivity index (χ4n) is 1.88. The van der Waals surface area contributed by atoms with E-state index in [4.69, 9.17) is 0 Å². The van der Waals surface area contributed by atoms with Crippen molar-refractivity contribution in [3.8, 4) is 0 Å². The van der Waals surface area contributed by atoms with E-state index in [1.807, 2.05) is 12.3 Å². The quantitative estimate of drug-likeness (QED) is 0.884. The van der Waals surface area contributed by atoms with Crippen LogP contribution in [-0.4, -0.2) is 36.1 Å². The highest BCUT2D eigenvalue weighted by molar-refractivity contribution is 5.85. The molecule has 1 aliphatic heterocycles. The Labute approximate surface area is 109 Å². The van der Waals surface area contributed by atoms with Gasteiger partial charge in [0.1, 0.15) is 0 Å². The van der Waals surface area contributed by atoms with Crippen molar-refractivity contribution in [1.29, 1.82) is 0 Å². The third-order valence-corrected chi connectivity index (χ3v) is 2.82. The predicted molar refractivity (Wildman–Crippen MR) is 71.6 cm³/mol. The van der Waals surface area contributed by atoms with Crippen molar-refractivity contribution >= 4 is 24.8 Å². The summed E-state index contributed by atoms with van der Waals surface area (Å²) in [4.78, 5) is 6.86. The molecule has 3 nitrogen and oxygen atoms in total. The molecule has 0 bridgehead atoms. The number of nitrogens with one attached hydrogen (secondary N) is 1. The second-order valence-electron chi connectivity index (χ2n) is 3.72. The second-order valence-corrected chi connectivity index (χ2v) is 3.72. The number of halogens is 2. The topological polar surface area (TPSA) is 28.2 Å². The number of hydrogen-bond acceptors (Lipinski definition) is 3. The van der Waals surface area contributed by atoms with E-state index >= 15 is 0 Å². The molecule has 0 saturated carbocycles. The number of pyridine rings is 1. The van der Waals surface area contributed by atoms with Gasteiger partial charge in [-0.2, -0.15) is 0 Å². The second kappa shape index (κ2) is 7.85. The normalized spacial score (nSPS) is 18.1. The Morgan fingerprint density at radius 1 is 1.25 bits per heavy atom. The predicted octanol–water partition coefficient (Wildman–Crippen LogP) is 1.89. The van der Waals surface area contributed by atoms with E-state index in [-0.39, 0.29) is 24.8 Å². The van der Waals surface area contributed by atoms with Crippen molar-refractivity contribution in [2.75, 3.05) is 26.2 Å². The molecule has 1 saturated heterocycles. The van der Waals surface area contributed by atoms with Gasteiger partial charge in [-0.15, -0.1) is 24.8 Å². The molecule has 1 aromatic rings. The first kappa shape index (κ1) is 15.7. The summed E-state index contributed by atoms with van der Waals surface area (Å²) in [6.07, 6.45) is 1.87. The van der Waals surface area contributed by atoms with Gasteiger partial charge in [-0.3, -0.25) is 9.88 Å². The first-order valence-electron chi connectivity index (χ1n) is 5.23. The van der Waals surface area contributed by atoms with Crippen molar-refractivity contribution in [2.24, 2.45) is 0 Å². The van der Waals surface area contributed by atoms with E-state index < -0.39 is 0 Å². The van der Waals surface area contributed by atoms with Gasteiger partial charge in [0.15, 0.2) is 0 Å². The molecule has 0 amide bonds. The Morgan fingerprint density at radius 2 is 1.94 bits per heavy atom. The molecular formula is C11H19Cl2N3. The third kappa shape index (κ3) is 3.91. The summed E-state index contributed by atoms with van der Waals surface area (Å²) in [6, 6.07) is 6.57. The molecule has 0 unspecified atom stereocenters. The molecule has 2 heterocycles. The van der Waals surface area contributed by atoms with Crippen molar-refractivity contribution < 1.29 is 0 Å². The van der Waals surface area contributed by atoms with Crippen LogP contribution in [0.25, 0.3) is 0 Å². The first-order valence-corrected chi connectivity index (χ1v) is 5.23. The minimum atomic E-state index is 0. The molecule has 1 atom stereocenters. The third-order valence-electron chi connectivity index (χ3n) is 2.82. The monoisotopic (exact) mass is 263 g/mol. The summed E-state index contributed by atoms with van der Waals surface area (Å²) in [5, 5.41) is 3.36. The Bertz CT molecular complexity index is 276.